The summed E-state index contributed by atoms with van der Waals surface area (Å²) in [6.07, 6.45) is -4.77. The molecule has 0 bridgehead atoms. The van der Waals surface area contributed by atoms with Crippen molar-refractivity contribution in [2.24, 2.45) is 0 Å². The van der Waals surface area contributed by atoms with E-state index < -0.39 is 17.7 Å². The first kappa shape index (κ1) is 12.6. The fourth-order valence-corrected chi connectivity index (χ4v) is 1.26. The first-order valence-corrected chi connectivity index (χ1v) is 4.38. The highest BCUT2D eigenvalue weighted by molar-refractivity contribution is 6.08. The maximum atomic E-state index is 12.6. The molecule has 2 radical (unpaired) electrons. The second-order valence-corrected chi connectivity index (χ2v) is 3.07. The van der Waals surface area contributed by atoms with Gasteiger partial charge in [0.15, 0.2) is 0 Å². The summed E-state index contributed by atoms with van der Waals surface area (Å²) in [5.74, 6) is -0.811. The van der Waals surface area contributed by atoms with E-state index in [1.807, 2.05) is 0 Å². The molecule has 6 heteroatoms. The zero-order valence-corrected chi connectivity index (χ0v) is 8.47. The quantitative estimate of drug-likeness (QED) is 0.572. The summed E-state index contributed by atoms with van der Waals surface area (Å²) in [6, 6.07) is 3.17. The van der Waals surface area contributed by atoms with Crippen molar-refractivity contribution < 1.29 is 22.7 Å². The van der Waals surface area contributed by atoms with Crippen LogP contribution in [0.3, 0.4) is 0 Å². The maximum absolute atomic E-state index is 12.6. The van der Waals surface area contributed by atoms with Crippen molar-refractivity contribution in [3.05, 3.63) is 34.9 Å². The summed E-state index contributed by atoms with van der Waals surface area (Å²) >= 11 is 0. The van der Waals surface area contributed by atoms with E-state index in [4.69, 9.17) is 7.85 Å². The van der Waals surface area contributed by atoms with Gasteiger partial charge in [0, 0.05) is 0 Å². The largest absolute Gasteiger partial charge is 0.465 e. The number of halogens is 3. The van der Waals surface area contributed by atoms with Crippen LogP contribution in [0.1, 0.15) is 21.5 Å². The van der Waals surface area contributed by atoms with Gasteiger partial charge in [0.1, 0.15) is 0 Å². The molecular formula is C10H8BF3O2. The molecule has 16 heavy (non-hydrogen) atoms. The molecule has 0 unspecified atom stereocenters. The average Bonchev–Trinajstić information content (AvgIpc) is 2.26. The van der Waals surface area contributed by atoms with Gasteiger partial charge in [0.2, 0.25) is 0 Å². The Morgan fingerprint density at radius 2 is 2.06 bits per heavy atom. The lowest BCUT2D eigenvalue weighted by Crippen LogP contribution is -2.12. The molecule has 0 aromatic heterocycles. The Hall–Kier alpha value is -1.46. The average molecular weight is 228 g/mol. The first-order valence-electron chi connectivity index (χ1n) is 4.38. The van der Waals surface area contributed by atoms with Crippen LogP contribution in [0.5, 0.6) is 0 Å². The number of ether oxygens (including phenoxy) is 1. The summed E-state index contributed by atoms with van der Waals surface area (Å²) in [6.45, 7) is 0. The number of hydrogen-bond donors (Lipinski definition) is 0. The highest BCUT2D eigenvalue weighted by atomic mass is 19.4. The molecule has 0 spiro atoms. The molecule has 0 fully saturated rings. The third-order valence-electron chi connectivity index (χ3n) is 2.06. The van der Waals surface area contributed by atoms with Crippen molar-refractivity contribution in [2.75, 3.05) is 7.11 Å². The fraction of sp³-hybridized carbons (Fsp3) is 0.300. The number of esters is 1. The molecule has 0 aliphatic carbocycles. The monoisotopic (exact) mass is 228 g/mol. The van der Waals surface area contributed by atoms with E-state index in [2.05, 4.69) is 4.74 Å². The number of methoxy groups -OCH3 is 1. The highest BCUT2D eigenvalue weighted by Gasteiger charge is 2.33. The van der Waals surface area contributed by atoms with E-state index in [0.29, 0.717) is 0 Å². The number of hydrogen-bond acceptors (Lipinski definition) is 2. The molecule has 0 saturated heterocycles. The topological polar surface area (TPSA) is 26.3 Å². The Morgan fingerprint density at radius 3 is 2.50 bits per heavy atom. The van der Waals surface area contributed by atoms with Gasteiger partial charge in [0.05, 0.1) is 26.1 Å². The summed E-state index contributed by atoms with van der Waals surface area (Å²) in [7, 11) is 6.29. The van der Waals surface area contributed by atoms with Gasteiger partial charge in [0.25, 0.3) is 0 Å². The van der Waals surface area contributed by atoms with Crippen molar-refractivity contribution in [2.45, 2.75) is 12.5 Å². The van der Waals surface area contributed by atoms with E-state index in [9.17, 15) is 18.0 Å². The molecule has 0 saturated carbocycles. The predicted molar refractivity (Wildman–Crippen MR) is 52.2 cm³/mol. The summed E-state index contributed by atoms with van der Waals surface area (Å²) in [5.41, 5.74) is -1.11. The maximum Gasteiger partial charge on any atom is 0.416 e. The lowest BCUT2D eigenvalue weighted by Gasteiger charge is -2.12. The van der Waals surface area contributed by atoms with Crippen LogP contribution in [0.2, 0.25) is 0 Å². The van der Waals surface area contributed by atoms with Crippen molar-refractivity contribution in [1.82, 2.24) is 0 Å². The molecule has 1 rings (SSSR count). The first-order chi connectivity index (χ1) is 7.40. The van der Waals surface area contributed by atoms with Crippen LogP contribution in [-0.4, -0.2) is 20.9 Å². The van der Waals surface area contributed by atoms with Gasteiger partial charge in [-0.25, -0.2) is 4.79 Å². The van der Waals surface area contributed by atoms with Gasteiger partial charge in [-0.2, -0.15) is 13.2 Å². The number of carbonyl (C=O) groups excluding carboxylic acids is 1. The van der Waals surface area contributed by atoms with Gasteiger partial charge >= 0.3 is 12.1 Å². The Balaban J connectivity index is 3.27. The molecule has 2 nitrogen and oxygen atoms in total. The standard InChI is InChI=1S/C10H8BF3O2/c1-16-9(15)6-2-3-7(5-11)8(4-6)10(12,13)14/h2-4H,5H2,1H3. The Kier molecular flexibility index (Phi) is 3.62. The number of benzene rings is 1. The van der Waals surface area contributed by atoms with E-state index in [0.717, 1.165) is 13.2 Å². The molecule has 1 aromatic carbocycles. The molecule has 0 aliphatic heterocycles. The van der Waals surface area contributed by atoms with Crippen LogP contribution < -0.4 is 0 Å². The summed E-state index contributed by atoms with van der Waals surface area (Å²) in [4.78, 5) is 11.1. The molecule has 1 aromatic rings. The van der Waals surface area contributed by atoms with Crippen molar-refractivity contribution in [3.8, 4) is 0 Å². The highest BCUT2D eigenvalue weighted by Crippen LogP contribution is 2.32. The third-order valence-corrected chi connectivity index (χ3v) is 2.06. The van der Waals surface area contributed by atoms with Crippen LogP contribution in [0.4, 0.5) is 13.2 Å². The fourth-order valence-electron chi connectivity index (χ4n) is 1.26. The van der Waals surface area contributed by atoms with Crippen molar-refractivity contribution in [1.29, 1.82) is 0 Å². The van der Waals surface area contributed by atoms with Crippen molar-refractivity contribution >= 4 is 13.8 Å². The minimum atomic E-state index is -4.53. The third kappa shape index (κ3) is 2.56. The Morgan fingerprint density at radius 1 is 1.44 bits per heavy atom. The van der Waals surface area contributed by atoms with E-state index in [1.54, 1.807) is 0 Å². The van der Waals surface area contributed by atoms with Crippen LogP contribution >= 0.6 is 0 Å². The van der Waals surface area contributed by atoms with Gasteiger partial charge < -0.3 is 4.74 Å². The van der Waals surface area contributed by atoms with Crippen LogP contribution in [0, 0.1) is 0 Å². The SMILES string of the molecule is [B]Cc1ccc(C(=O)OC)cc1C(F)(F)F. The molecule has 0 amide bonds. The molecule has 0 atom stereocenters. The normalized spacial score (nSPS) is 11.2. The van der Waals surface area contributed by atoms with Gasteiger partial charge in [-0.15, -0.1) is 0 Å². The van der Waals surface area contributed by atoms with Crippen molar-refractivity contribution in [3.63, 3.8) is 0 Å². The lowest BCUT2D eigenvalue weighted by atomic mass is 9.91. The van der Waals surface area contributed by atoms with E-state index in [-0.39, 0.29) is 17.4 Å². The predicted octanol–water partition coefficient (Wildman–Crippen LogP) is 2.16. The van der Waals surface area contributed by atoms with E-state index in [1.165, 1.54) is 12.1 Å². The molecule has 0 N–H and O–H groups in total. The zero-order chi connectivity index (χ0) is 12.3. The summed E-state index contributed by atoms with van der Waals surface area (Å²) in [5, 5.41) is 0. The Labute approximate surface area is 91.8 Å². The number of alkyl halides is 3. The van der Waals surface area contributed by atoms with Crippen LogP contribution in [0.25, 0.3) is 0 Å². The van der Waals surface area contributed by atoms with E-state index >= 15 is 0 Å². The van der Waals surface area contributed by atoms with Crippen LogP contribution in [0.15, 0.2) is 18.2 Å². The van der Waals surface area contributed by atoms with Gasteiger partial charge in [-0.05, 0) is 17.7 Å². The minimum absolute atomic E-state index is 0.0554. The second-order valence-electron chi connectivity index (χ2n) is 3.07. The summed E-state index contributed by atoms with van der Waals surface area (Å²) < 4.78 is 42.1. The zero-order valence-electron chi connectivity index (χ0n) is 8.47. The minimum Gasteiger partial charge on any atom is -0.465 e. The molecule has 0 heterocycles. The smallest absolute Gasteiger partial charge is 0.416 e. The Bertz CT molecular complexity index is 402. The number of rotatable bonds is 2. The molecule has 0 aliphatic rings. The molecule has 84 valence electrons. The van der Waals surface area contributed by atoms with Gasteiger partial charge in [-0.1, -0.05) is 12.4 Å². The van der Waals surface area contributed by atoms with Gasteiger partial charge in [-0.3, -0.25) is 0 Å². The molecular weight excluding hydrogens is 220 g/mol. The second kappa shape index (κ2) is 4.59. The van der Waals surface area contributed by atoms with Crippen LogP contribution in [-0.2, 0) is 17.2 Å². The lowest BCUT2D eigenvalue weighted by molar-refractivity contribution is -0.138. The number of carbonyl (C=O) groups is 1.